The largest absolute Gasteiger partial charge is 0.489 e. The molecular formula is C43H34F3NO6. The Kier molecular flexibility index (Phi) is 11.0. The Morgan fingerprint density at radius 1 is 0.774 bits per heavy atom. The van der Waals surface area contributed by atoms with Gasteiger partial charge in [-0.2, -0.15) is 13.2 Å². The van der Waals surface area contributed by atoms with Crippen LogP contribution >= 0.6 is 0 Å². The summed E-state index contributed by atoms with van der Waals surface area (Å²) in [6, 6.07) is 31.9. The van der Waals surface area contributed by atoms with Gasteiger partial charge in [-0.1, -0.05) is 104 Å². The first-order chi connectivity index (χ1) is 25.6. The van der Waals surface area contributed by atoms with Crippen molar-refractivity contribution in [1.29, 1.82) is 0 Å². The van der Waals surface area contributed by atoms with Crippen LogP contribution in [0.1, 0.15) is 52.4 Å². The van der Waals surface area contributed by atoms with E-state index in [-0.39, 0.29) is 41.7 Å². The van der Waals surface area contributed by atoms with Gasteiger partial charge in [-0.15, -0.1) is 0 Å². The summed E-state index contributed by atoms with van der Waals surface area (Å²) in [6.07, 6.45) is -2.68. The second-order valence-electron chi connectivity index (χ2n) is 12.2. The van der Waals surface area contributed by atoms with Gasteiger partial charge in [-0.25, -0.2) is 0 Å². The highest BCUT2D eigenvalue weighted by Gasteiger charge is 2.34. The van der Waals surface area contributed by atoms with Crippen LogP contribution in [0.5, 0.6) is 11.5 Å². The number of ketones is 1. The van der Waals surface area contributed by atoms with E-state index < -0.39 is 23.7 Å². The normalized spacial score (nSPS) is 11.3. The SMILES string of the molecule is CCCC(=O)Oc1c(CC(=O)OC)cccc1-c1ccc(COc2cccc(-c3c(C(=O)c4ccccc4)cnc4c(C(F)(F)F)cccc34)c2)cc1. The molecule has 0 radical (unpaired) electrons. The molecule has 0 fully saturated rings. The van der Waals surface area contributed by atoms with Gasteiger partial charge in [0.25, 0.3) is 0 Å². The number of ether oxygens (including phenoxy) is 3. The molecule has 0 aliphatic rings. The lowest BCUT2D eigenvalue weighted by molar-refractivity contribution is -0.140. The van der Waals surface area contributed by atoms with Gasteiger partial charge in [0.2, 0.25) is 0 Å². The molecule has 0 amide bonds. The molecule has 1 heterocycles. The van der Waals surface area contributed by atoms with Crippen molar-refractivity contribution < 1.29 is 41.8 Å². The topological polar surface area (TPSA) is 91.8 Å². The second-order valence-corrected chi connectivity index (χ2v) is 12.2. The molecule has 0 N–H and O–H groups in total. The number of hydrogen-bond acceptors (Lipinski definition) is 7. The smallest absolute Gasteiger partial charge is 0.418 e. The minimum absolute atomic E-state index is 0.0647. The van der Waals surface area contributed by atoms with Crippen LogP contribution in [0.3, 0.4) is 0 Å². The number of esters is 2. The lowest BCUT2D eigenvalue weighted by Gasteiger charge is -2.17. The van der Waals surface area contributed by atoms with Crippen LogP contribution in [-0.4, -0.2) is 29.8 Å². The summed E-state index contributed by atoms with van der Waals surface area (Å²) < 4.78 is 58.8. The van der Waals surface area contributed by atoms with Gasteiger partial charge in [0.05, 0.1) is 24.6 Å². The highest BCUT2D eigenvalue weighted by Crippen LogP contribution is 2.40. The quantitative estimate of drug-likeness (QED) is 0.0707. The fourth-order valence-electron chi connectivity index (χ4n) is 6.04. The average molecular weight is 718 g/mol. The number of para-hydroxylation sites is 2. The zero-order valence-corrected chi connectivity index (χ0v) is 28.9. The summed E-state index contributed by atoms with van der Waals surface area (Å²) in [5, 5.41) is 0.185. The van der Waals surface area contributed by atoms with Crippen LogP contribution in [0.2, 0.25) is 0 Å². The summed E-state index contributed by atoms with van der Waals surface area (Å²) in [6.45, 7) is 2.02. The number of halogens is 3. The molecule has 5 aromatic carbocycles. The minimum Gasteiger partial charge on any atom is -0.489 e. The van der Waals surface area contributed by atoms with Crippen molar-refractivity contribution in [3.05, 3.63) is 149 Å². The predicted molar refractivity (Wildman–Crippen MR) is 195 cm³/mol. The van der Waals surface area contributed by atoms with E-state index in [2.05, 4.69) is 4.98 Å². The molecule has 0 aliphatic heterocycles. The third-order valence-corrected chi connectivity index (χ3v) is 8.61. The third kappa shape index (κ3) is 8.28. The van der Waals surface area contributed by atoms with Crippen molar-refractivity contribution >= 4 is 28.6 Å². The second kappa shape index (κ2) is 15.9. The number of methoxy groups -OCH3 is 1. The van der Waals surface area contributed by atoms with Gasteiger partial charge >= 0.3 is 18.1 Å². The first kappa shape index (κ1) is 36.5. The Morgan fingerprint density at radius 2 is 1.51 bits per heavy atom. The van der Waals surface area contributed by atoms with Gasteiger partial charge in [0.15, 0.2) is 5.78 Å². The number of aromatic nitrogens is 1. The van der Waals surface area contributed by atoms with Crippen molar-refractivity contribution in [2.75, 3.05) is 7.11 Å². The Bertz CT molecular complexity index is 2290. The van der Waals surface area contributed by atoms with E-state index in [0.29, 0.717) is 45.7 Å². The fourth-order valence-corrected chi connectivity index (χ4v) is 6.04. The number of rotatable bonds is 12. The molecule has 53 heavy (non-hydrogen) atoms. The predicted octanol–water partition coefficient (Wildman–Crippen LogP) is 9.82. The van der Waals surface area contributed by atoms with Crippen LogP contribution in [0.15, 0.2) is 121 Å². The maximum absolute atomic E-state index is 14.0. The van der Waals surface area contributed by atoms with Gasteiger partial charge in [-0.05, 0) is 41.3 Å². The van der Waals surface area contributed by atoms with Gasteiger partial charge in [0, 0.05) is 45.8 Å². The van der Waals surface area contributed by atoms with Crippen LogP contribution in [0.25, 0.3) is 33.2 Å². The number of alkyl halides is 3. The Labute approximate surface area is 304 Å². The Hall–Kier alpha value is -6.29. The average Bonchev–Trinajstić information content (AvgIpc) is 3.17. The van der Waals surface area contributed by atoms with Crippen molar-refractivity contribution in [1.82, 2.24) is 4.98 Å². The van der Waals surface area contributed by atoms with Crippen LogP contribution in [0.4, 0.5) is 13.2 Å². The number of nitrogens with zero attached hydrogens (tertiary/aromatic N) is 1. The molecule has 6 rings (SSSR count). The molecule has 0 bridgehead atoms. The van der Waals surface area contributed by atoms with Gasteiger partial charge in [-0.3, -0.25) is 19.4 Å². The highest BCUT2D eigenvalue weighted by atomic mass is 19.4. The molecule has 1 aromatic heterocycles. The molecule has 0 saturated carbocycles. The molecule has 0 aliphatic carbocycles. The van der Waals surface area contributed by atoms with Crippen LogP contribution in [-0.2, 0) is 33.5 Å². The highest BCUT2D eigenvalue weighted by molar-refractivity contribution is 6.16. The van der Waals surface area contributed by atoms with Crippen molar-refractivity contribution in [3.63, 3.8) is 0 Å². The number of carbonyl (C=O) groups excluding carboxylic acids is 3. The summed E-state index contributed by atoms with van der Waals surface area (Å²) in [5.41, 5.74) is 2.89. The monoisotopic (exact) mass is 717 g/mol. The lowest BCUT2D eigenvalue weighted by atomic mass is 9.91. The summed E-state index contributed by atoms with van der Waals surface area (Å²) in [5.74, 6) is -0.516. The summed E-state index contributed by atoms with van der Waals surface area (Å²) >= 11 is 0. The molecular weight excluding hydrogens is 683 g/mol. The molecule has 0 unspecified atom stereocenters. The Balaban J connectivity index is 1.30. The fraction of sp³-hybridized carbons (Fsp3) is 0.163. The van der Waals surface area contributed by atoms with Gasteiger partial charge in [0.1, 0.15) is 18.1 Å². The molecule has 0 spiro atoms. The van der Waals surface area contributed by atoms with Crippen LogP contribution < -0.4 is 9.47 Å². The first-order valence-electron chi connectivity index (χ1n) is 16.9. The third-order valence-electron chi connectivity index (χ3n) is 8.61. The number of fused-ring (bicyclic) bond motifs is 1. The molecule has 7 nitrogen and oxygen atoms in total. The van der Waals surface area contributed by atoms with E-state index in [9.17, 15) is 27.6 Å². The van der Waals surface area contributed by atoms with E-state index >= 15 is 0 Å². The van der Waals surface area contributed by atoms with Gasteiger partial charge < -0.3 is 14.2 Å². The minimum atomic E-state index is -4.65. The van der Waals surface area contributed by atoms with Crippen molar-refractivity contribution in [2.45, 2.75) is 39.0 Å². The number of hydrogen-bond donors (Lipinski definition) is 0. The molecule has 268 valence electrons. The number of benzene rings is 5. The van der Waals surface area contributed by atoms with E-state index in [1.54, 1.807) is 66.7 Å². The van der Waals surface area contributed by atoms with E-state index in [0.717, 1.165) is 17.2 Å². The van der Waals surface area contributed by atoms with Crippen LogP contribution in [0, 0.1) is 0 Å². The lowest BCUT2D eigenvalue weighted by Crippen LogP contribution is -2.12. The standard InChI is InChI=1S/C43H34F3NO6/c1-3-10-37(48)53-42-31(24-38(49)51-2)14-8-16-33(42)28-21-19-27(20-22-28)26-52-32-15-7-13-30(23-32)39-34-17-9-18-36(43(44,45)46)40(34)47-25-35(39)41(50)29-11-5-4-6-12-29/h4-9,11-23,25H,3,10,24,26H2,1-2H3. The molecule has 6 aromatic rings. The Morgan fingerprint density at radius 3 is 2.23 bits per heavy atom. The first-order valence-corrected chi connectivity index (χ1v) is 16.9. The summed E-state index contributed by atoms with van der Waals surface area (Å²) in [7, 11) is 1.30. The van der Waals surface area contributed by atoms with E-state index in [1.807, 2.05) is 37.3 Å². The maximum atomic E-state index is 14.0. The number of carbonyl (C=O) groups is 3. The van der Waals surface area contributed by atoms with E-state index in [4.69, 9.17) is 14.2 Å². The molecule has 0 saturated heterocycles. The maximum Gasteiger partial charge on any atom is 0.418 e. The van der Waals surface area contributed by atoms with Crippen molar-refractivity contribution in [3.8, 4) is 33.8 Å². The molecule has 0 atom stereocenters. The van der Waals surface area contributed by atoms with Crippen molar-refractivity contribution in [2.24, 2.45) is 0 Å². The molecule has 10 heteroatoms. The number of pyridine rings is 1. The van der Waals surface area contributed by atoms with E-state index in [1.165, 1.54) is 25.4 Å². The zero-order valence-electron chi connectivity index (χ0n) is 28.9. The zero-order chi connectivity index (χ0) is 37.5. The summed E-state index contributed by atoms with van der Waals surface area (Å²) in [4.78, 5) is 42.5.